The summed E-state index contributed by atoms with van der Waals surface area (Å²) >= 11 is 0. The summed E-state index contributed by atoms with van der Waals surface area (Å²) in [5.41, 5.74) is -1.43. The number of hydrogen-bond donors (Lipinski definition) is 4. The SMILES string of the molecule is CC(O)(CNC(=O)NCCCN1CCCC1)CC(=O)O. The molecule has 0 spiro atoms. The summed E-state index contributed by atoms with van der Waals surface area (Å²) in [6.07, 6.45) is 3.00. The van der Waals surface area contributed by atoms with E-state index in [0.29, 0.717) is 6.54 Å². The minimum Gasteiger partial charge on any atom is -0.481 e. The van der Waals surface area contributed by atoms with Crippen molar-refractivity contribution in [1.29, 1.82) is 0 Å². The van der Waals surface area contributed by atoms with Crippen molar-refractivity contribution >= 4 is 12.0 Å². The number of carboxylic acids is 1. The molecule has 0 radical (unpaired) electrons. The fraction of sp³-hybridized carbons (Fsp3) is 0.846. The molecule has 0 aromatic heterocycles. The Morgan fingerprint density at radius 1 is 1.25 bits per heavy atom. The summed E-state index contributed by atoms with van der Waals surface area (Å²) in [7, 11) is 0. The van der Waals surface area contributed by atoms with Gasteiger partial charge in [0.05, 0.1) is 12.0 Å². The van der Waals surface area contributed by atoms with Crippen LogP contribution in [0.4, 0.5) is 4.79 Å². The van der Waals surface area contributed by atoms with E-state index < -0.39 is 18.0 Å². The molecule has 1 rings (SSSR count). The maximum Gasteiger partial charge on any atom is 0.314 e. The van der Waals surface area contributed by atoms with Crippen LogP contribution in [0.3, 0.4) is 0 Å². The smallest absolute Gasteiger partial charge is 0.314 e. The standard InChI is InChI=1S/C13H25N3O4/c1-13(20,9-11(17)18)10-15-12(19)14-5-4-8-16-6-2-3-7-16/h20H,2-10H2,1H3,(H,17,18)(H2,14,15,19). The molecule has 0 aliphatic carbocycles. The van der Waals surface area contributed by atoms with E-state index in [1.165, 1.54) is 19.8 Å². The highest BCUT2D eigenvalue weighted by Crippen LogP contribution is 2.07. The molecule has 7 heteroatoms. The van der Waals surface area contributed by atoms with Gasteiger partial charge >= 0.3 is 12.0 Å². The van der Waals surface area contributed by atoms with Crippen LogP contribution in [0.5, 0.6) is 0 Å². The van der Waals surface area contributed by atoms with E-state index in [1.807, 2.05) is 0 Å². The molecule has 1 aliphatic heterocycles. The zero-order chi connectivity index (χ0) is 15.0. The van der Waals surface area contributed by atoms with E-state index >= 15 is 0 Å². The Kier molecular flexibility index (Phi) is 6.74. The molecule has 2 amide bonds. The average Bonchev–Trinajstić information content (AvgIpc) is 2.84. The van der Waals surface area contributed by atoms with Gasteiger partial charge in [-0.2, -0.15) is 0 Å². The van der Waals surface area contributed by atoms with Crippen LogP contribution < -0.4 is 10.6 Å². The molecule has 1 fully saturated rings. The maximum atomic E-state index is 11.5. The van der Waals surface area contributed by atoms with Crippen molar-refractivity contribution in [2.45, 2.75) is 38.2 Å². The van der Waals surface area contributed by atoms with Gasteiger partial charge in [0.2, 0.25) is 0 Å². The lowest BCUT2D eigenvalue weighted by Crippen LogP contribution is -2.46. The van der Waals surface area contributed by atoms with Gasteiger partial charge < -0.3 is 25.7 Å². The maximum absolute atomic E-state index is 11.5. The van der Waals surface area contributed by atoms with Gasteiger partial charge in [0, 0.05) is 13.1 Å². The first-order chi connectivity index (χ1) is 9.39. The molecular weight excluding hydrogens is 262 g/mol. The third kappa shape index (κ3) is 7.30. The second-order valence-electron chi connectivity index (χ2n) is 5.58. The molecule has 0 bridgehead atoms. The van der Waals surface area contributed by atoms with Crippen molar-refractivity contribution in [3.05, 3.63) is 0 Å². The lowest BCUT2D eigenvalue weighted by atomic mass is 10.0. The highest BCUT2D eigenvalue weighted by Gasteiger charge is 2.24. The third-order valence-corrected chi connectivity index (χ3v) is 3.30. The molecule has 1 heterocycles. The van der Waals surface area contributed by atoms with E-state index in [9.17, 15) is 14.7 Å². The number of carbonyl (C=O) groups is 2. The Morgan fingerprint density at radius 2 is 1.90 bits per heavy atom. The van der Waals surface area contributed by atoms with E-state index in [4.69, 9.17) is 5.11 Å². The predicted octanol–water partition coefficient (Wildman–Crippen LogP) is -0.00280. The van der Waals surface area contributed by atoms with E-state index in [0.717, 1.165) is 26.1 Å². The number of rotatable bonds is 8. The molecule has 1 atom stereocenters. The second-order valence-corrected chi connectivity index (χ2v) is 5.58. The summed E-state index contributed by atoms with van der Waals surface area (Å²) < 4.78 is 0. The van der Waals surface area contributed by atoms with Gasteiger partial charge in [-0.15, -0.1) is 0 Å². The number of aliphatic hydroxyl groups is 1. The number of nitrogens with one attached hydrogen (secondary N) is 2. The molecule has 0 aromatic carbocycles. The number of carboxylic acid groups (broad SMARTS) is 1. The molecule has 20 heavy (non-hydrogen) atoms. The van der Waals surface area contributed by atoms with E-state index in [2.05, 4.69) is 15.5 Å². The van der Waals surface area contributed by atoms with Gasteiger partial charge in [-0.3, -0.25) is 4.79 Å². The number of hydrogen-bond acceptors (Lipinski definition) is 4. The van der Waals surface area contributed by atoms with Crippen molar-refractivity contribution in [2.24, 2.45) is 0 Å². The summed E-state index contributed by atoms with van der Waals surface area (Å²) in [5.74, 6) is -1.09. The first kappa shape index (κ1) is 16.7. The second kappa shape index (κ2) is 8.06. The first-order valence-electron chi connectivity index (χ1n) is 7.07. The molecule has 116 valence electrons. The summed E-state index contributed by atoms with van der Waals surface area (Å²) in [5, 5.41) is 23.5. The van der Waals surface area contributed by atoms with Crippen LogP contribution in [-0.4, -0.2) is 65.4 Å². The lowest BCUT2D eigenvalue weighted by Gasteiger charge is -2.21. The van der Waals surface area contributed by atoms with E-state index in [1.54, 1.807) is 0 Å². The average molecular weight is 287 g/mol. The van der Waals surface area contributed by atoms with Crippen LogP contribution in [0.2, 0.25) is 0 Å². The Morgan fingerprint density at radius 3 is 2.50 bits per heavy atom. The number of urea groups is 1. The van der Waals surface area contributed by atoms with Crippen molar-refractivity contribution in [3.8, 4) is 0 Å². The molecule has 1 unspecified atom stereocenters. The molecular formula is C13H25N3O4. The van der Waals surface area contributed by atoms with Crippen LogP contribution >= 0.6 is 0 Å². The fourth-order valence-electron chi connectivity index (χ4n) is 2.23. The van der Waals surface area contributed by atoms with Gasteiger partial charge in [-0.25, -0.2) is 4.79 Å². The van der Waals surface area contributed by atoms with Crippen LogP contribution in [0.15, 0.2) is 0 Å². The minimum atomic E-state index is -1.43. The number of nitrogens with zero attached hydrogens (tertiary/aromatic N) is 1. The third-order valence-electron chi connectivity index (χ3n) is 3.30. The Balaban J connectivity index is 2.06. The zero-order valence-electron chi connectivity index (χ0n) is 12.0. The van der Waals surface area contributed by atoms with Gasteiger partial charge in [-0.1, -0.05) is 0 Å². The number of amides is 2. The van der Waals surface area contributed by atoms with Crippen LogP contribution in [-0.2, 0) is 4.79 Å². The van der Waals surface area contributed by atoms with Gasteiger partial charge in [0.1, 0.15) is 0 Å². The molecule has 7 nitrogen and oxygen atoms in total. The Bertz CT molecular complexity index is 328. The number of likely N-dealkylation sites (tertiary alicyclic amines) is 1. The van der Waals surface area contributed by atoms with Crippen molar-refractivity contribution in [3.63, 3.8) is 0 Å². The van der Waals surface area contributed by atoms with Crippen molar-refractivity contribution < 1.29 is 19.8 Å². The normalized spacial score (nSPS) is 18.5. The van der Waals surface area contributed by atoms with E-state index in [-0.39, 0.29) is 12.6 Å². The van der Waals surface area contributed by atoms with Crippen molar-refractivity contribution in [1.82, 2.24) is 15.5 Å². The molecule has 1 aliphatic rings. The number of aliphatic carboxylic acids is 1. The monoisotopic (exact) mass is 287 g/mol. The zero-order valence-corrected chi connectivity index (χ0v) is 12.0. The largest absolute Gasteiger partial charge is 0.481 e. The van der Waals surface area contributed by atoms with Crippen molar-refractivity contribution in [2.75, 3.05) is 32.7 Å². The topological polar surface area (TPSA) is 102 Å². The quantitative estimate of drug-likeness (QED) is 0.471. The van der Waals surface area contributed by atoms with Crippen LogP contribution in [0.1, 0.15) is 32.6 Å². The molecule has 4 N–H and O–H groups in total. The molecule has 0 saturated carbocycles. The summed E-state index contributed by atoms with van der Waals surface area (Å²) in [6.45, 7) is 5.14. The first-order valence-corrected chi connectivity index (χ1v) is 7.07. The minimum absolute atomic E-state index is 0.0861. The Hall–Kier alpha value is -1.34. The highest BCUT2D eigenvalue weighted by molar-refractivity contribution is 5.74. The predicted molar refractivity (Wildman–Crippen MR) is 74.6 cm³/mol. The van der Waals surface area contributed by atoms with Gasteiger partial charge in [0.25, 0.3) is 0 Å². The van der Waals surface area contributed by atoms with Crippen LogP contribution in [0, 0.1) is 0 Å². The van der Waals surface area contributed by atoms with Gasteiger partial charge in [-0.05, 0) is 45.8 Å². The highest BCUT2D eigenvalue weighted by atomic mass is 16.4. The lowest BCUT2D eigenvalue weighted by molar-refractivity contribution is -0.141. The Labute approximate surface area is 119 Å². The summed E-state index contributed by atoms with van der Waals surface area (Å²) in [6, 6.07) is -0.378. The summed E-state index contributed by atoms with van der Waals surface area (Å²) in [4.78, 5) is 24.4. The fourth-order valence-corrected chi connectivity index (χ4v) is 2.23. The van der Waals surface area contributed by atoms with Gasteiger partial charge in [0.15, 0.2) is 0 Å². The molecule has 1 saturated heterocycles. The number of carbonyl (C=O) groups excluding carboxylic acids is 1. The molecule has 0 aromatic rings. The van der Waals surface area contributed by atoms with Crippen LogP contribution in [0.25, 0.3) is 0 Å².